The SMILES string of the molecule is COc1ccc(-c2nn(Cc3ccccc3)cc2C(=O)Nc2ccc(C(=O)NC3CC3)cc2)cc1. The Bertz CT molecular complexity index is 1330. The first-order valence-corrected chi connectivity index (χ1v) is 11.6. The number of rotatable bonds is 8. The van der Waals surface area contributed by atoms with Crippen molar-refractivity contribution in [3.63, 3.8) is 0 Å². The molecule has 1 fully saturated rings. The molecule has 0 atom stereocenters. The van der Waals surface area contributed by atoms with E-state index in [0.717, 1.165) is 29.7 Å². The average molecular weight is 467 g/mol. The van der Waals surface area contributed by atoms with Gasteiger partial charge in [0.05, 0.1) is 19.2 Å². The van der Waals surface area contributed by atoms with Gasteiger partial charge in [-0.2, -0.15) is 5.10 Å². The van der Waals surface area contributed by atoms with Crippen molar-refractivity contribution in [2.24, 2.45) is 0 Å². The number of ether oxygens (including phenoxy) is 1. The minimum Gasteiger partial charge on any atom is -0.497 e. The highest BCUT2D eigenvalue weighted by atomic mass is 16.5. The monoisotopic (exact) mass is 466 g/mol. The quantitative estimate of drug-likeness (QED) is 0.392. The number of aromatic nitrogens is 2. The van der Waals surface area contributed by atoms with Crippen molar-refractivity contribution in [3.8, 4) is 17.0 Å². The highest BCUT2D eigenvalue weighted by Gasteiger charge is 2.24. The summed E-state index contributed by atoms with van der Waals surface area (Å²) in [5.74, 6) is 0.369. The Morgan fingerprint density at radius 1 is 0.943 bits per heavy atom. The van der Waals surface area contributed by atoms with Crippen molar-refractivity contribution in [1.29, 1.82) is 0 Å². The van der Waals surface area contributed by atoms with Crippen LogP contribution >= 0.6 is 0 Å². The fourth-order valence-electron chi connectivity index (χ4n) is 3.80. The average Bonchev–Trinajstić information content (AvgIpc) is 3.61. The van der Waals surface area contributed by atoms with Crippen LogP contribution in [0, 0.1) is 0 Å². The normalized spacial score (nSPS) is 12.7. The van der Waals surface area contributed by atoms with Crippen LogP contribution in [-0.2, 0) is 6.54 Å². The van der Waals surface area contributed by atoms with Crippen LogP contribution in [0.25, 0.3) is 11.3 Å². The third-order valence-corrected chi connectivity index (χ3v) is 5.87. The molecule has 3 aromatic carbocycles. The summed E-state index contributed by atoms with van der Waals surface area (Å²) < 4.78 is 7.04. The number of hydrogen-bond acceptors (Lipinski definition) is 4. The van der Waals surface area contributed by atoms with Gasteiger partial charge in [0.1, 0.15) is 11.4 Å². The molecule has 1 aromatic heterocycles. The van der Waals surface area contributed by atoms with E-state index in [4.69, 9.17) is 9.84 Å². The molecule has 7 heteroatoms. The number of amides is 2. The molecule has 0 spiro atoms. The maximum Gasteiger partial charge on any atom is 0.259 e. The van der Waals surface area contributed by atoms with E-state index >= 15 is 0 Å². The first-order valence-electron chi connectivity index (χ1n) is 11.6. The lowest BCUT2D eigenvalue weighted by Crippen LogP contribution is -2.25. The molecule has 1 aliphatic carbocycles. The number of carbonyl (C=O) groups is 2. The van der Waals surface area contributed by atoms with Crippen LogP contribution in [-0.4, -0.2) is 34.7 Å². The minimum absolute atomic E-state index is 0.0886. The smallest absolute Gasteiger partial charge is 0.259 e. The Morgan fingerprint density at radius 2 is 1.66 bits per heavy atom. The van der Waals surface area contributed by atoms with Crippen LogP contribution in [0.2, 0.25) is 0 Å². The number of benzene rings is 3. The number of methoxy groups -OCH3 is 1. The van der Waals surface area contributed by atoms with Crippen molar-refractivity contribution < 1.29 is 14.3 Å². The van der Waals surface area contributed by atoms with Gasteiger partial charge in [-0.25, -0.2) is 0 Å². The maximum atomic E-state index is 13.3. The number of nitrogens with one attached hydrogen (secondary N) is 2. The van der Waals surface area contributed by atoms with E-state index in [1.807, 2.05) is 54.6 Å². The molecule has 1 saturated carbocycles. The molecular weight excluding hydrogens is 440 g/mol. The molecule has 0 saturated heterocycles. The van der Waals surface area contributed by atoms with E-state index in [0.29, 0.717) is 35.1 Å². The molecule has 0 aliphatic heterocycles. The van der Waals surface area contributed by atoms with Gasteiger partial charge < -0.3 is 15.4 Å². The lowest BCUT2D eigenvalue weighted by atomic mass is 10.1. The molecule has 0 bridgehead atoms. The molecule has 2 N–H and O–H groups in total. The van der Waals surface area contributed by atoms with E-state index in [1.165, 1.54) is 0 Å². The summed E-state index contributed by atoms with van der Waals surface area (Å²) >= 11 is 0. The fourth-order valence-corrected chi connectivity index (χ4v) is 3.80. The molecule has 1 heterocycles. The minimum atomic E-state index is -0.273. The van der Waals surface area contributed by atoms with Crippen molar-refractivity contribution in [1.82, 2.24) is 15.1 Å². The molecule has 2 amide bonds. The van der Waals surface area contributed by atoms with E-state index in [1.54, 1.807) is 42.3 Å². The molecule has 7 nitrogen and oxygen atoms in total. The van der Waals surface area contributed by atoms with Gasteiger partial charge in [-0.05, 0) is 66.9 Å². The van der Waals surface area contributed by atoms with Gasteiger partial charge in [0.2, 0.25) is 0 Å². The number of carbonyl (C=O) groups excluding carboxylic acids is 2. The van der Waals surface area contributed by atoms with Crippen molar-refractivity contribution in [2.45, 2.75) is 25.4 Å². The second-order valence-corrected chi connectivity index (χ2v) is 8.58. The van der Waals surface area contributed by atoms with Crippen LogP contribution in [0.5, 0.6) is 5.75 Å². The van der Waals surface area contributed by atoms with Crippen LogP contribution in [0.15, 0.2) is 85.1 Å². The third kappa shape index (κ3) is 5.41. The van der Waals surface area contributed by atoms with Crippen LogP contribution in [0.4, 0.5) is 5.69 Å². The third-order valence-electron chi connectivity index (χ3n) is 5.87. The van der Waals surface area contributed by atoms with Crippen LogP contribution in [0.1, 0.15) is 39.1 Å². The number of hydrogen-bond donors (Lipinski definition) is 2. The molecular formula is C28H26N4O3. The van der Waals surface area contributed by atoms with Gasteiger partial charge in [-0.1, -0.05) is 30.3 Å². The topological polar surface area (TPSA) is 85.2 Å². The van der Waals surface area contributed by atoms with Gasteiger partial charge in [-0.3, -0.25) is 14.3 Å². The first kappa shape index (κ1) is 22.4. The van der Waals surface area contributed by atoms with E-state index in [-0.39, 0.29) is 11.8 Å². The Hall–Kier alpha value is -4.39. The van der Waals surface area contributed by atoms with E-state index < -0.39 is 0 Å². The molecule has 35 heavy (non-hydrogen) atoms. The summed E-state index contributed by atoms with van der Waals surface area (Å²) in [4.78, 5) is 25.5. The first-order chi connectivity index (χ1) is 17.1. The molecule has 0 radical (unpaired) electrons. The lowest BCUT2D eigenvalue weighted by molar-refractivity contribution is 0.0950. The largest absolute Gasteiger partial charge is 0.497 e. The Balaban J connectivity index is 1.39. The summed E-state index contributed by atoms with van der Waals surface area (Å²) in [5, 5.41) is 10.6. The second kappa shape index (κ2) is 9.85. The van der Waals surface area contributed by atoms with E-state index in [9.17, 15) is 9.59 Å². The summed E-state index contributed by atoms with van der Waals surface area (Å²) in [6.07, 6.45) is 3.84. The summed E-state index contributed by atoms with van der Waals surface area (Å²) in [7, 11) is 1.61. The van der Waals surface area contributed by atoms with Crippen molar-refractivity contribution >= 4 is 17.5 Å². The lowest BCUT2D eigenvalue weighted by Gasteiger charge is -2.08. The highest BCUT2D eigenvalue weighted by molar-refractivity contribution is 6.08. The van der Waals surface area contributed by atoms with E-state index in [2.05, 4.69) is 10.6 Å². The zero-order valence-electron chi connectivity index (χ0n) is 19.4. The number of anilines is 1. The van der Waals surface area contributed by atoms with Gasteiger partial charge in [0.15, 0.2) is 0 Å². The zero-order chi connectivity index (χ0) is 24.2. The van der Waals surface area contributed by atoms with Crippen molar-refractivity contribution in [2.75, 3.05) is 12.4 Å². The fraction of sp³-hybridized carbons (Fsp3) is 0.179. The second-order valence-electron chi connectivity index (χ2n) is 8.58. The molecule has 5 rings (SSSR count). The van der Waals surface area contributed by atoms with Crippen molar-refractivity contribution in [3.05, 3.63) is 102 Å². The summed E-state index contributed by atoms with van der Waals surface area (Å²) in [6, 6.07) is 24.6. The predicted octanol–water partition coefficient (Wildman–Crippen LogP) is 4.75. The van der Waals surface area contributed by atoms with Crippen LogP contribution in [0.3, 0.4) is 0 Å². The standard InChI is InChI=1S/C28H26N4O3/c1-35-24-15-9-20(10-16-24)26-25(18-32(31-26)17-19-5-3-2-4-6-19)28(34)30-22-11-7-21(8-12-22)27(33)29-23-13-14-23/h2-12,15-16,18,23H,13-14,17H2,1H3,(H,29,33)(H,30,34). The number of nitrogens with zero attached hydrogens (tertiary/aromatic N) is 2. The van der Waals surface area contributed by atoms with Gasteiger partial charge >= 0.3 is 0 Å². The Kier molecular flexibility index (Phi) is 6.30. The highest BCUT2D eigenvalue weighted by Crippen LogP contribution is 2.26. The molecule has 1 aliphatic rings. The Labute approximate surface area is 203 Å². The van der Waals surface area contributed by atoms with Crippen LogP contribution < -0.4 is 15.4 Å². The maximum absolute atomic E-state index is 13.3. The Morgan fingerprint density at radius 3 is 2.31 bits per heavy atom. The van der Waals surface area contributed by atoms with Gasteiger partial charge in [0.25, 0.3) is 11.8 Å². The predicted molar refractivity (Wildman–Crippen MR) is 135 cm³/mol. The van der Waals surface area contributed by atoms with Gasteiger partial charge in [-0.15, -0.1) is 0 Å². The molecule has 176 valence electrons. The molecule has 4 aromatic rings. The zero-order valence-corrected chi connectivity index (χ0v) is 19.4. The van der Waals surface area contributed by atoms with Gasteiger partial charge in [0, 0.05) is 29.1 Å². The summed E-state index contributed by atoms with van der Waals surface area (Å²) in [6.45, 7) is 0.544. The molecule has 0 unspecified atom stereocenters. The summed E-state index contributed by atoms with van der Waals surface area (Å²) in [5.41, 5.74) is 4.13.